The number of rotatable bonds is 5. The van der Waals surface area contributed by atoms with E-state index in [0.29, 0.717) is 5.88 Å². The maximum atomic E-state index is 5.66. The van der Waals surface area contributed by atoms with Crippen LogP contribution in [0.3, 0.4) is 0 Å². The lowest BCUT2D eigenvalue weighted by molar-refractivity contribution is 0.793. The van der Waals surface area contributed by atoms with Crippen LogP contribution in [0.1, 0.15) is 12.1 Å². The number of aryl methyl sites for hydroxylation is 1. The van der Waals surface area contributed by atoms with Gasteiger partial charge in [0, 0.05) is 36.1 Å². The molecule has 0 bridgehead atoms. The Morgan fingerprint density at radius 1 is 1.33 bits per heavy atom. The lowest BCUT2D eigenvalue weighted by atomic mass is 10.2. The summed E-state index contributed by atoms with van der Waals surface area (Å²) in [6.07, 6.45) is 2.80. The highest BCUT2D eigenvalue weighted by molar-refractivity contribution is 7.99. The molecule has 18 heavy (non-hydrogen) atoms. The summed E-state index contributed by atoms with van der Waals surface area (Å²) in [5.41, 5.74) is 1.98. The summed E-state index contributed by atoms with van der Waals surface area (Å²) in [6.45, 7) is 1.97. The average molecular weight is 283 g/mol. The molecule has 2 aromatic rings. The summed E-state index contributed by atoms with van der Waals surface area (Å²) in [5, 5.41) is 9.32. The van der Waals surface area contributed by atoms with E-state index in [0.717, 1.165) is 34.4 Å². The highest BCUT2D eigenvalue weighted by Gasteiger charge is 2.10. The molecule has 0 radical (unpaired) electrons. The van der Waals surface area contributed by atoms with Gasteiger partial charge in [0.25, 0.3) is 0 Å². The molecule has 0 unspecified atom stereocenters. The minimum atomic E-state index is 0.680. The predicted molar refractivity (Wildman–Crippen MR) is 75.0 cm³/mol. The first-order valence-corrected chi connectivity index (χ1v) is 7.25. The van der Waals surface area contributed by atoms with Gasteiger partial charge in [-0.25, -0.2) is 0 Å². The Labute approximate surface area is 116 Å². The van der Waals surface area contributed by atoms with E-state index < -0.39 is 0 Å². The van der Waals surface area contributed by atoms with E-state index >= 15 is 0 Å². The second kappa shape index (κ2) is 6.20. The van der Waals surface area contributed by atoms with E-state index in [9.17, 15) is 0 Å². The molecular formula is C12H15ClN4S. The van der Waals surface area contributed by atoms with Crippen LogP contribution in [0, 0.1) is 6.92 Å². The van der Waals surface area contributed by atoms with E-state index in [1.165, 1.54) is 0 Å². The molecule has 0 N–H and O–H groups in total. The van der Waals surface area contributed by atoms with Crippen molar-refractivity contribution in [3.8, 4) is 11.4 Å². The molecule has 4 nitrogen and oxygen atoms in total. The summed E-state index contributed by atoms with van der Waals surface area (Å²) in [5.74, 6) is 2.48. The minimum Gasteiger partial charge on any atom is -0.305 e. The summed E-state index contributed by atoms with van der Waals surface area (Å²) in [4.78, 5) is 4.28. The Bertz CT molecular complexity index is 509. The van der Waals surface area contributed by atoms with Crippen LogP contribution in [0.5, 0.6) is 0 Å². The van der Waals surface area contributed by atoms with Gasteiger partial charge in [-0.15, -0.1) is 21.8 Å². The van der Waals surface area contributed by atoms with Crippen molar-refractivity contribution in [2.45, 2.75) is 18.5 Å². The van der Waals surface area contributed by atoms with Gasteiger partial charge in [-0.3, -0.25) is 4.98 Å². The first-order chi connectivity index (χ1) is 8.72. The van der Waals surface area contributed by atoms with E-state index in [4.69, 9.17) is 11.6 Å². The van der Waals surface area contributed by atoms with Gasteiger partial charge in [0.15, 0.2) is 11.0 Å². The normalized spacial score (nSPS) is 10.8. The van der Waals surface area contributed by atoms with Crippen molar-refractivity contribution in [1.29, 1.82) is 0 Å². The molecule has 2 rings (SSSR count). The van der Waals surface area contributed by atoms with E-state index in [1.54, 1.807) is 11.8 Å². The summed E-state index contributed by atoms with van der Waals surface area (Å²) in [7, 11) is 1.97. The van der Waals surface area contributed by atoms with Crippen LogP contribution in [0.4, 0.5) is 0 Å². The van der Waals surface area contributed by atoms with Gasteiger partial charge in [-0.1, -0.05) is 11.8 Å². The zero-order valence-corrected chi connectivity index (χ0v) is 12.0. The van der Waals surface area contributed by atoms with Gasteiger partial charge in [0.1, 0.15) is 0 Å². The molecule has 0 saturated carbocycles. The molecular weight excluding hydrogens is 268 g/mol. The molecule has 2 heterocycles. The molecule has 0 aliphatic heterocycles. The van der Waals surface area contributed by atoms with Crippen molar-refractivity contribution in [2.24, 2.45) is 7.05 Å². The molecule has 6 heteroatoms. The Morgan fingerprint density at radius 3 is 2.83 bits per heavy atom. The first kappa shape index (κ1) is 13.4. The van der Waals surface area contributed by atoms with Crippen molar-refractivity contribution in [3.05, 3.63) is 24.0 Å². The molecule has 0 aliphatic rings. The van der Waals surface area contributed by atoms with Gasteiger partial charge in [-0.2, -0.15) is 0 Å². The lowest BCUT2D eigenvalue weighted by Crippen LogP contribution is -1.96. The number of halogens is 1. The monoisotopic (exact) mass is 282 g/mol. The second-order valence-corrected chi connectivity index (χ2v) is 5.38. The fourth-order valence-electron chi connectivity index (χ4n) is 1.51. The van der Waals surface area contributed by atoms with Crippen molar-refractivity contribution < 1.29 is 0 Å². The fourth-order valence-corrected chi connectivity index (χ4v) is 2.65. The number of pyridine rings is 1. The minimum absolute atomic E-state index is 0.680. The molecule has 0 fully saturated rings. The van der Waals surface area contributed by atoms with Crippen molar-refractivity contribution >= 4 is 23.4 Å². The van der Waals surface area contributed by atoms with Gasteiger partial charge in [0.2, 0.25) is 0 Å². The van der Waals surface area contributed by atoms with Gasteiger partial charge in [-0.05, 0) is 25.5 Å². The van der Waals surface area contributed by atoms with E-state index in [2.05, 4.69) is 15.2 Å². The molecule has 96 valence electrons. The van der Waals surface area contributed by atoms with Crippen LogP contribution in [-0.4, -0.2) is 31.4 Å². The van der Waals surface area contributed by atoms with Gasteiger partial charge < -0.3 is 4.57 Å². The lowest BCUT2D eigenvalue weighted by Gasteiger charge is -2.03. The Morgan fingerprint density at radius 2 is 2.17 bits per heavy atom. The van der Waals surface area contributed by atoms with Crippen LogP contribution in [-0.2, 0) is 7.05 Å². The summed E-state index contributed by atoms with van der Waals surface area (Å²) < 4.78 is 1.99. The Balaban J connectivity index is 2.17. The third-order valence-corrected chi connectivity index (χ3v) is 3.89. The second-order valence-electron chi connectivity index (χ2n) is 3.94. The smallest absolute Gasteiger partial charge is 0.191 e. The van der Waals surface area contributed by atoms with Crippen LogP contribution in [0.15, 0.2) is 23.5 Å². The number of alkyl halides is 1. The fraction of sp³-hybridized carbons (Fsp3) is 0.417. The van der Waals surface area contributed by atoms with Crippen molar-refractivity contribution in [2.75, 3.05) is 11.6 Å². The van der Waals surface area contributed by atoms with E-state index in [-0.39, 0.29) is 0 Å². The number of hydrogen-bond acceptors (Lipinski definition) is 4. The molecule has 0 spiro atoms. The quantitative estimate of drug-likeness (QED) is 0.480. The number of hydrogen-bond donors (Lipinski definition) is 0. The number of aromatic nitrogens is 4. The third kappa shape index (κ3) is 3.03. The SMILES string of the molecule is Cc1ccc(-c2nnc(SCCCCl)n2C)cn1. The Kier molecular flexibility index (Phi) is 4.60. The summed E-state index contributed by atoms with van der Waals surface area (Å²) >= 11 is 7.33. The number of thioether (sulfide) groups is 1. The first-order valence-electron chi connectivity index (χ1n) is 5.73. The van der Waals surface area contributed by atoms with Crippen LogP contribution >= 0.6 is 23.4 Å². The highest BCUT2D eigenvalue weighted by atomic mass is 35.5. The van der Waals surface area contributed by atoms with Crippen LogP contribution in [0.25, 0.3) is 11.4 Å². The number of nitrogens with zero attached hydrogens (tertiary/aromatic N) is 4. The molecule has 2 aromatic heterocycles. The molecule has 0 aliphatic carbocycles. The average Bonchev–Trinajstić information content (AvgIpc) is 2.73. The van der Waals surface area contributed by atoms with E-state index in [1.807, 2.05) is 36.9 Å². The molecule has 0 aromatic carbocycles. The molecule has 0 saturated heterocycles. The Hall–Kier alpha value is -1.07. The molecule has 0 amide bonds. The topological polar surface area (TPSA) is 43.6 Å². The van der Waals surface area contributed by atoms with Crippen LogP contribution in [0.2, 0.25) is 0 Å². The third-order valence-electron chi connectivity index (χ3n) is 2.51. The highest BCUT2D eigenvalue weighted by Crippen LogP contribution is 2.22. The zero-order chi connectivity index (χ0) is 13.0. The standard InChI is InChI=1S/C12H15ClN4S/c1-9-4-5-10(8-14-9)11-15-16-12(17(11)2)18-7-3-6-13/h4-5,8H,3,6-7H2,1-2H3. The largest absolute Gasteiger partial charge is 0.305 e. The maximum Gasteiger partial charge on any atom is 0.191 e. The molecule has 0 atom stereocenters. The van der Waals surface area contributed by atoms with Gasteiger partial charge in [0.05, 0.1) is 0 Å². The van der Waals surface area contributed by atoms with Crippen LogP contribution < -0.4 is 0 Å². The van der Waals surface area contributed by atoms with Crippen molar-refractivity contribution in [1.82, 2.24) is 19.7 Å². The van der Waals surface area contributed by atoms with Crippen molar-refractivity contribution in [3.63, 3.8) is 0 Å². The summed E-state index contributed by atoms with van der Waals surface area (Å²) in [6, 6.07) is 3.99. The maximum absolute atomic E-state index is 5.66. The zero-order valence-electron chi connectivity index (χ0n) is 10.4. The van der Waals surface area contributed by atoms with Gasteiger partial charge >= 0.3 is 0 Å². The predicted octanol–water partition coefficient (Wildman–Crippen LogP) is 2.91.